The quantitative estimate of drug-likeness (QED) is 0.846. The van der Waals surface area contributed by atoms with Gasteiger partial charge in [0.15, 0.2) is 0 Å². The van der Waals surface area contributed by atoms with E-state index in [1.165, 1.54) is 0 Å². The van der Waals surface area contributed by atoms with Crippen LogP contribution in [-0.2, 0) is 11.3 Å². The summed E-state index contributed by atoms with van der Waals surface area (Å²) in [5.41, 5.74) is 2.03. The maximum atomic E-state index is 5.40. The number of anilines is 1. The maximum absolute atomic E-state index is 5.40. The smallest absolute Gasteiger partial charge is 0.245 e. The highest BCUT2D eigenvalue weighted by molar-refractivity contribution is 5.28. The van der Waals surface area contributed by atoms with E-state index in [0.29, 0.717) is 12.6 Å². The monoisotopic (exact) mass is 288 g/mol. The Bertz CT molecular complexity index is 593. The number of hydrogen-bond acceptors (Lipinski definition) is 6. The summed E-state index contributed by atoms with van der Waals surface area (Å²) < 4.78 is 7.32. The fourth-order valence-electron chi connectivity index (χ4n) is 2.61. The largest absolute Gasteiger partial charge is 0.381 e. The van der Waals surface area contributed by atoms with Crippen molar-refractivity contribution in [1.82, 2.24) is 25.2 Å². The number of aryl methyl sites for hydroxylation is 1. The summed E-state index contributed by atoms with van der Waals surface area (Å²) in [6.07, 6.45) is 1.91. The molecule has 0 atom stereocenters. The Hall–Kier alpha value is -2.02. The van der Waals surface area contributed by atoms with Crippen LogP contribution < -0.4 is 4.90 Å². The minimum Gasteiger partial charge on any atom is -0.381 e. The van der Waals surface area contributed by atoms with Crippen molar-refractivity contribution in [2.45, 2.75) is 32.4 Å². The van der Waals surface area contributed by atoms with Crippen molar-refractivity contribution in [2.24, 2.45) is 0 Å². The van der Waals surface area contributed by atoms with Gasteiger partial charge in [0.05, 0.1) is 18.3 Å². The van der Waals surface area contributed by atoms with Crippen LogP contribution >= 0.6 is 0 Å². The van der Waals surface area contributed by atoms with Gasteiger partial charge in [-0.05, 0) is 42.3 Å². The van der Waals surface area contributed by atoms with E-state index in [2.05, 4.69) is 20.5 Å². The fraction of sp³-hybridized carbons (Fsp3) is 0.571. The Labute approximate surface area is 123 Å². The molecule has 7 nitrogen and oxygen atoms in total. The Morgan fingerprint density at radius 2 is 2.14 bits per heavy atom. The van der Waals surface area contributed by atoms with Crippen LogP contribution in [0.4, 0.5) is 5.95 Å². The van der Waals surface area contributed by atoms with E-state index < -0.39 is 0 Å². The third-order valence-electron chi connectivity index (χ3n) is 3.70. The minimum absolute atomic E-state index is 0.316. The Morgan fingerprint density at radius 3 is 2.90 bits per heavy atom. The van der Waals surface area contributed by atoms with Gasteiger partial charge in [0, 0.05) is 26.0 Å². The van der Waals surface area contributed by atoms with Crippen molar-refractivity contribution >= 4 is 5.95 Å². The fourth-order valence-corrected chi connectivity index (χ4v) is 2.61. The van der Waals surface area contributed by atoms with Gasteiger partial charge in [0.25, 0.3) is 0 Å². The normalized spacial score (nSPS) is 16.1. The zero-order valence-corrected chi connectivity index (χ0v) is 12.4. The topological polar surface area (TPSA) is 69.0 Å². The number of ether oxygens (including phenoxy) is 1. The van der Waals surface area contributed by atoms with E-state index >= 15 is 0 Å². The van der Waals surface area contributed by atoms with Gasteiger partial charge in [-0.3, -0.25) is 4.98 Å². The van der Waals surface area contributed by atoms with Gasteiger partial charge in [0.1, 0.15) is 0 Å². The van der Waals surface area contributed by atoms with Gasteiger partial charge in [-0.25, -0.2) is 4.68 Å². The molecule has 0 amide bonds. The van der Waals surface area contributed by atoms with Crippen LogP contribution in [0.15, 0.2) is 18.2 Å². The van der Waals surface area contributed by atoms with Crippen molar-refractivity contribution in [3.05, 3.63) is 29.6 Å². The molecular formula is C14H20N6O. The Morgan fingerprint density at radius 1 is 1.33 bits per heavy atom. The zero-order chi connectivity index (χ0) is 14.7. The van der Waals surface area contributed by atoms with Crippen molar-refractivity contribution in [3.63, 3.8) is 0 Å². The third kappa shape index (κ3) is 3.18. The molecule has 3 heterocycles. The van der Waals surface area contributed by atoms with Crippen LogP contribution in [-0.4, -0.2) is 45.5 Å². The average Bonchev–Trinajstić information content (AvgIpc) is 2.98. The predicted octanol–water partition coefficient (Wildman–Crippen LogP) is 1.36. The molecule has 0 unspecified atom stereocenters. The van der Waals surface area contributed by atoms with E-state index in [1.54, 1.807) is 0 Å². The second-order valence-electron chi connectivity index (χ2n) is 5.39. The molecule has 2 aromatic rings. The highest BCUT2D eigenvalue weighted by atomic mass is 16.5. The molecule has 0 spiro atoms. The first-order chi connectivity index (χ1) is 10.2. The van der Waals surface area contributed by atoms with Crippen LogP contribution in [0.1, 0.15) is 30.3 Å². The SMILES string of the molecule is Cc1cccc(CN(C)c2nnnn2C2CCOCC2)n1. The molecule has 0 aliphatic carbocycles. The van der Waals surface area contributed by atoms with Crippen LogP contribution in [0.3, 0.4) is 0 Å². The maximum Gasteiger partial charge on any atom is 0.245 e. The first-order valence-corrected chi connectivity index (χ1v) is 7.23. The van der Waals surface area contributed by atoms with Crippen molar-refractivity contribution in [2.75, 3.05) is 25.2 Å². The van der Waals surface area contributed by atoms with Gasteiger partial charge in [-0.15, -0.1) is 0 Å². The van der Waals surface area contributed by atoms with Gasteiger partial charge in [-0.1, -0.05) is 11.2 Å². The number of aromatic nitrogens is 5. The first-order valence-electron chi connectivity index (χ1n) is 7.23. The predicted molar refractivity (Wildman–Crippen MR) is 78.0 cm³/mol. The third-order valence-corrected chi connectivity index (χ3v) is 3.70. The molecule has 2 aromatic heterocycles. The molecule has 1 aliphatic heterocycles. The molecule has 3 rings (SSSR count). The highest BCUT2D eigenvalue weighted by Crippen LogP contribution is 2.24. The molecule has 0 saturated carbocycles. The van der Waals surface area contributed by atoms with E-state index in [4.69, 9.17) is 4.74 Å². The molecule has 0 N–H and O–H groups in total. The van der Waals surface area contributed by atoms with E-state index in [0.717, 1.165) is 43.4 Å². The number of pyridine rings is 1. The molecule has 0 radical (unpaired) electrons. The Balaban J connectivity index is 1.75. The number of rotatable bonds is 4. The molecule has 0 bridgehead atoms. The molecule has 1 saturated heterocycles. The summed E-state index contributed by atoms with van der Waals surface area (Å²) in [7, 11) is 1.99. The molecule has 21 heavy (non-hydrogen) atoms. The lowest BCUT2D eigenvalue weighted by molar-refractivity contribution is 0.0660. The van der Waals surface area contributed by atoms with Crippen molar-refractivity contribution in [1.29, 1.82) is 0 Å². The second kappa shape index (κ2) is 6.17. The lowest BCUT2D eigenvalue weighted by Gasteiger charge is -2.25. The number of nitrogens with zero attached hydrogens (tertiary/aromatic N) is 6. The van der Waals surface area contributed by atoms with Gasteiger partial charge < -0.3 is 9.64 Å². The summed E-state index contributed by atoms with van der Waals surface area (Å²) in [5, 5.41) is 12.2. The van der Waals surface area contributed by atoms with Crippen LogP contribution in [0, 0.1) is 6.92 Å². The van der Waals surface area contributed by atoms with Gasteiger partial charge >= 0.3 is 0 Å². The molecule has 1 fully saturated rings. The molecule has 0 aromatic carbocycles. The molecule has 112 valence electrons. The van der Waals surface area contributed by atoms with Crippen LogP contribution in [0.25, 0.3) is 0 Å². The molecular weight excluding hydrogens is 268 g/mol. The molecule has 7 heteroatoms. The van der Waals surface area contributed by atoms with E-state index in [1.807, 2.05) is 41.8 Å². The summed E-state index contributed by atoms with van der Waals surface area (Å²) in [6, 6.07) is 6.35. The number of hydrogen-bond donors (Lipinski definition) is 0. The van der Waals surface area contributed by atoms with Gasteiger partial charge in [0.2, 0.25) is 5.95 Å². The second-order valence-corrected chi connectivity index (χ2v) is 5.39. The first kappa shape index (κ1) is 13.9. The summed E-state index contributed by atoms with van der Waals surface area (Å²) in [4.78, 5) is 6.56. The minimum atomic E-state index is 0.316. The van der Waals surface area contributed by atoms with E-state index in [-0.39, 0.29) is 0 Å². The zero-order valence-electron chi connectivity index (χ0n) is 12.4. The lowest BCUT2D eigenvalue weighted by atomic mass is 10.1. The summed E-state index contributed by atoms with van der Waals surface area (Å²) >= 11 is 0. The highest BCUT2D eigenvalue weighted by Gasteiger charge is 2.22. The summed E-state index contributed by atoms with van der Waals surface area (Å²) in [6.45, 7) is 4.22. The molecule has 1 aliphatic rings. The van der Waals surface area contributed by atoms with Crippen molar-refractivity contribution in [3.8, 4) is 0 Å². The van der Waals surface area contributed by atoms with Gasteiger partial charge in [-0.2, -0.15) is 0 Å². The lowest BCUT2D eigenvalue weighted by Crippen LogP contribution is -2.27. The van der Waals surface area contributed by atoms with Crippen molar-refractivity contribution < 1.29 is 4.74 Å². The van der Waals surface area contributed by atoms with Crippen LogP contribution in [0.5, 0.6) is 0 Å². The summed E-state index contributed by atoms with van der Waals surface area (Å²) in [5.74, 6) is 0.783. The van der Waals surface area contributed by atoms with Crippen LogP contribution in [0.2, 0.25) is 0 Å². The number of tetrazole rings is 1. The average molecular weight is 288 g/mol. The Kier molecular flexibility index (Phi) is 4.10. The van der Waals surface area contributed by atoms with E-state index in [9.17, 15) is 0 Å². The standard InChI is InChI=1S/C14H20N6O/c1-11-4-3-5-12(15-11)10-19(2)14-16-17-18-20(14)13-6-8-21-9-7-13/h3-5,13H,6-10H2,1-2H3.